The van der Waals surface area contributed by atoms with E-state index in [2.05, 4.69) is 67.0 Å². The van der Waals surface area contributed by atoms with Crippen molar-refractivity contribution < 1.29 is 47.5 Å². The van der Waals surface area contributed by atoms with Crippen molar-refractivity contribution in [2.75, 3.05) is 19.8 Å². The summed E-state index contributed by atoms with van der Waals surface area (Å²) in [7, 11) is -4.72. The number of esters is 2. The van der Waals surface area contributed by atoms with Gasteiger partial charge in [-0.3, -0.25) is 23.4 Å². The van der Waals surface area contributed by atoms with Crippen LogP contribution < -0.4 is 5.73 Å². The number of aliphatic carboxylic acids is 1. The Kier molecular flexibility index (Phi) is 37.5. The zero-order valence-corrected chi connectivity index (χ0v) is 35.9. The molecule has 4 N–H and O–H groups in total. The van der Waals surface area contributed by atoms with Gasteiger partial charge in [-0.25, -0.2) is 4.57 Å². The molecule has 0 aromatic carbocycles. The number of carbonyl (C=O) groups excluding carboxylic acids is 2. The predicted molar refractivity (Wildman–Crippen MR) is 226 cm³/mol. The van der Waals surface area contributed by atoms with Crippen LogP contribution in [0.25, 0.3) is 0 Å². The molecule has 0 amide bonds. The second-order valence-corrected chi connectivity index (χ2v) is 15.9. The predicted octanol–water partition coefficient (Wildman–Crippen LogP) is 11.4. The van der Waals surface area contributed by atoms with Crippen LogP contribution in [0.4, 0.5) is 0 Å². The molecule has 11 nitrogen and oxygen atoms in total. The summed E-state index contributed by atoms with van der Waals surface area (Å²) in [5.74, 6) is -2.40. The molecular formula is C44H78NO10P. The third kappa shape index (κ3) is 38.3. The lowest BCUT2D eigenvalue weighted by molar-refractivity contribution is -0.161. The molecule has 0 rings (SSSR count). The molecule has 0 heterocycles. The third-order valence-corrected chi connectivity index (χ3v) is 9.98. The van der Waals surface area contributed by atoms with E-state index in [4.69, 9.17) is 24.8 Å². The van der Waals surface area contributed by atoms with Crippen LogP contribution in [0.15, 0.2) is 48.6 Å². The Morgan fingerprint density at radius 1 is 0.554 bits per heavy atom. The standard InChI is InChI=1S/C44H78NO10P/c1-3-5-7-9-11-13-15-17-18-19-20-21-22-24-26-28-30-32-34-36-43(47)55-40(38-53-56(50,51)54-39-41(45)44(48)49)37-52-42(46)35-33-31-29-27-25-23-16-14-12-10-8-6-4-2/h8,10-11,13-14,16-18,40-41H,3-7,9,12,15,19-39,45H2,1-2H3,(H,48,49)(H,50,51)/b10-8-,13-11-,16-14-,18-17-. The third-order valence-electron chi connectivity index (χ3n) is 9.03. The topological polar surface area (TPSA) is 172 Å². The summed E-state index contributed by atoms with van der Waals surface area (Å²) in [6.07, 6.45) is 43.1. The van der Waals surface area contributed by atoms with Crippen LogP contribution in [-0.4, -0.2) is 59.9 Å². The molecule has 0 aromatic heterocycles. The molecule has 0 spiro atoms. The van der Waals surface area contributed by atoms with Gasteiger partial charge in [-0.2, -0.15) is 0 Å². The van der Waals surface area contributed by atoms with Crippen LogP contribution in [0, 0.1) is 0 Å². The van der Waals surface area contributed by atoms with Gasteiger partial charge in [0.05, 0.1) is 13.2 Å². The van der Waals surface area contributed by atoms with Gasteiger partial charge in [0.1, 0.15) is 12.6 Å². The van der Waals surface area contributed by atoms with E-state index >= 15 is 0 Å². The van der Waals surface area contributed by atoms with E-state index < -0.39 is 51.1 Å². The fourth-order valence-electron chi connectivity index (χ4n) is 5.60. The number of phosphoric acid groups is 1. The number of phosphoric ester groups is 1. The molecule has 0 aliphatic carbocycles. The van der Waals surface area contributed by atoms with Gasteiger partial charge in [0.2, 0.25) is 0 Å². The van der Waals surface area contributed by atoms with Crippen molar-refractivity contribution in [2.45, 2.75) is 193 Å². The molecule has 0 saturated carbocycles. The summed E-state index contributed by atoms with van der Waals surface area (Å²) in [6, 6.07) is -1.52. The highest BCUT2D eigenvalue weighted by Crippen LogP contribution is 2.43. The second kappa shape index (κ2) is 39.3. The SMILES string of the molecule is CCC/C=C\C/C=C\CCCCCCCC(=O)OCC(COP(=O)(O)OCC(N)C(=O)O)OC(=O)CCCCCCCCCCC/C=C\C/C=C\CCCCC. The molecule has 324 valence electrons. The van der Waals surface area contributed by atoms with Gasteiger partial charge in [-0.15, -0.1) is 0 Å². The van der Waals surface area contributed by atoms with Crippen molar-refractivity contribution in [3.8, 4) is 0 Å². The number of ether oxygens (including phenoxy) is 2. The number of unbranched alkanes of at least 4 members (excludes halogenated alkanes) is 18. The quantitative estimate of drug-likeness (QED) is 0.0233. The van der Waals surface area contributed by atoms with Gasteiger partial charge in [0.25, 0.3) is 0 Å². The largest absolute Gasteiger partial charge is 0.480 e. The smallest absolute Gasteiger partial charge is 0.472 e. The van der Waals surface area contributed by atoms with Crippen molar-refractivity contribution in [3.63, 3.8) is 0 Å². The Balaban J connectivity index is 4.37. The first-order chi connectivity index (χ1) is 27.1. The van der Waals surface area contributed by atoms with Crippen LogP contribution in [-0.2, 0) is 37.5 Å². The number of hydrogen-bond acceptors (Lipinski definition) is 9. The Morgan fingerprint density at radius 3 is 1.46 bits per heavy atom. The number of carbonyl (C=O) groups is 3. The van der Waals surface area contributed by atoms with E-state index in [9.17, 15) is 23.8 Å². The summed E-state index contributed by atoms with van der Waals surface area (Å²) >= 11 is 0. The molecule has 0 saturated heterocycles. The van der Waals surface area contributed by atoms with Gasteiger partial charge in [0.15, 0.2) is 6.10 Å². The highest BCUT2D eigenvalue weighted by Gasteiger charge is 2.28. The molecule has 3 atom stereocenters. The molecule has 0 bridgehead atoms. The summed E-state index contributed by atoms with van der Waals surface area (Å²) in [4.78, 5) is 45.9. The molecule has 0 aliphatic rings. The first-order valence-corrected chi connectivity index (χ1v) is 23.2. The van der Waals surface area contributed by atoms with Crippen molar-refractivity contribution in [1.29, 1.82) is 0 Å². The first kappa shape index (κ1) is 53.4. The lowest BCUT2D eigenvalue weighted by Gasteiger charge is -2.20. The van der Waals surface area contributed by atoms with Crippen molar-refractivity contribution in [2.24, 2.45) is 5.73 Å². The molecule has 56 heavy (non-hydrogen) atoms. The maximum atomic E-state index is 12.6. The normalized spacial score (nSPS) is 14.2. The highest BCUT2D eigenvalue weighted by molar-refractivity contribution is 7.47. The lowest BCUT2D eigenvalue weighted by Crippen LogP contribution is -2.34. The lowest BCUT2D eigenvalue weighted by atomic mass is 10.1. The number of allylic oxidation sites excluding steroid dienone is 8. The molecule has 0 fully saturated rings. The summed E-state index contributed by atoms with van der Waals surface area (Å²) < 4.78 is 32.7. The van der Waals surface area contributed by atoms with Crippen molar-refractivity contribution >= 4 is 25.7 Å². The second-order valence-electron chi connectivity index (χ2n) is 14.5. The zero-order chi connectivity index (χ0) is 41.4. The van der Waals surface area contributed by atoms with Crippen LogP contribution in [0.3, 0.4) is 0 Å². The fourth-order valence-corrected chi connectivity index (χ4v) is 6.38. The van der Waals surface area contributed by atoms with Gasteiger partial charge in [-0.05, 0) is 70.6 Å². The average molecular weight is 812 g/mol. The van der Waals surface area contributed by atoms with Crippen molar-refractivity contribution in [3.05, 3.63) is 48.6 Å². The molecular weight excluding hydrogens is 733 g/mol. The number of nitrogens with two attached hydrogens (primary N) is 1. The minimum absolute atomic E-state index is 0.152. The number of carboxylic acid groups (broad SMARTS) is 1. The average Bonchev–Trinajstić information content (AvgIpc) is 3.17. The maximum Gasteiger partial charge on any atom is 0.472 e. The van der Waals surface area contributed by atoms with Crippen molar-refractivity contribution in [1.82, 2.24) is 0 Å². The summed E-state index contributed by atoms with van der Waals surface area (Å²) in [5, 5.41) is 8.88. The fraction of sp³-hybridized carbons (Fsp3) is 0.750. The molecule has 3 unspecified atom stereocenters. The molecule has 0 aromatic rings. The highest BCUT2D eigenvalue weighted by atomic mass is 31.2. The van der Waals surface area contributed by atoms with Gasteiger partial charge in [-0.1, -0.05) is 146 Å². The molecule has 12 heteroatoms. The Morgan fingerprint density at radius 2 is 0.982 bits per heavy atom. The summed E-state index contributed by atoms with van der Waals surface area (Å²) in [5.41, 5.74) is 5.33. The van der Waals surface area contributed by atoms with Crippen LogP contribution in [0.2, 0.25) is 0 Å². The van der Waals surface area contributed by atoms with Gasteiger partial charge >= 0.3 is 25.7 Å². The Hall–Kier alpha value is -2.56. The maximum absolute atomic E-state index is 12.6. The Bertz CT molecular complexity index is 1140. The number of hydrogen-bond donors (Lipinski definition) is 3. The summed E-state index contributed by atoms with van der Waals surface area (Å²) in [6.45, 7) is 2.69. The van der Waals surface area contributed by atoms with E-state index in [1.807, 2.05) is 0 Å². The molecule has 0 radical (unpaired) electrons. The van der Waals surface area contributed by atoms with Crippen LogP contribution in [0.5, 0.6) is 0 Å². The molecule has 0 aliphatic heterocycles. The van der Waals surface area contributed by atoms with E-state index in [0.717, 1.165) is 77.0 Å². The van der Waals surface area contributed by atoms with Gasteiger partial charge < -0.3 is 25.2 Å². The van der Waals surface area contributed by atoms with Gasteiger partial charge in [0, 0.05) is 12.8 Å². The Labute approximate surface area is 339 Å². The monoisotopic (exact) mass is 812 g/mol. The van der Waals surface area contributed by atoms with Crippen LogP contribution in [0.1, 0.15) is 181 Å². The number of rotatable bonds is 40. The first-order valence-electron chi connectivity index (χ1n) is 21.7. The zero-order valence-electron chi connectivity index (χ0n) is 35.0. The van der Waals surface area contributed by atoms with E-state index in [-0.39, 0.29) is 19.4 Å². The number of carboxylic acids is 1. The minimum atomic E-state index is -4.72. The van der Waals surface area contributed by atoms with E-state index in [1.165, 1.54) is 64.2 Å². The minimum Gasteiger partial charge on any atom is -0.480 e. The van der Waals surface area contributed by atoms with E-state index in [0.29, 0.717) is 12.8 Å². The van der Waals surface area contributed by atoms with Crippen LogP contribution >= 0.6 is 7.82 Å². The van der Waals surface area contributed by atoms with E-state index in [1.54, 1.807) is 0 Å².